The molecule has 0 saturated heterocycles. The molecule has 4 nitrogen and oxygen atoms in total. The summed E-state index contributed by atoms with van der Waals surface area (Å²) in [4.78, 5) is 7.19. The van der Waals surface area contributed by atoms with Crippen LogP contribution in [0.5, 0.6) is 0 Å². The Labute approximate surface area is 154 Å². The first kappa shape index (κ1) is 16.6. The molecule has 2 aliphatic rings. The molecule has 26 heavy (non-hydrogen) atoms. The number of nitrogens with one attached hydrogen (secondary N) is 4. The van der Waals surface area contributed by atoms with Crippen LogP contribution in [0.15, 0.2) is 72.1 Å². The van der Waals surface area contributed by atoms with Crippen LogP contribution in [0.4, 0.5) is 0 Å². The second-order valence-corrected chi connectivity index (χ2v) is 7.53. The van der Waals surface area contributed by atoms with E-state index in [1.165, 1.54) is 11.1 Å². The van der Waals surface area contributed by atoms with Crippen molar-refractivity contribution in [1.82, 2.24) is 20.6 Å². The highest BCUT2D eigenvalue weighted by Crippen LogP contribution is 2.34. The predicted molar refractivity (Wildman–Crippen MR) is 107 cm³/mol. The molecule has 4 heteroatoms. The third-order valence-corrected chi connectivity index (χ3v) is 5.95. The Bertz CT molecular complexity index is 874. The smallest absolute Gasteiger partial charge is 0.0956 e. The van der Waals surface area contributed by atoms with Crippen molar-refractivity contribution in [1.29, 1.82) is 0 Å². The van der Waals surface area contributed by atoms with Gasteiger partial charge in [0, 0.05) is 11.4 Å². The Morgan fingerprint density at radius 3 is 1.46 bits per heavy atom. The summed E-state index contributed by atoms with van der Waals surface area (Å²) in [6.45, 7) is 8.71. The zero-order valence-electron chi connectivity index (χ0n) is 15.8. The molecule has 0 saturated carbocycles. The molecule has 0 spiro atoms. The SMILES string of the molecule is CC1=CC=CNC1(C)c1ccc(-c2ccc(C3(C)NC=CC=C3C)[nH]2)[nH]1. The first-order chi connectivity index (χ1) is 12.4. The van der Waals surface area contributed by atoms with Crippen molar-refractivity contribution in [3.63, 3.8) is 0 Å². The number of rotatable bonds is 3. The Hall–Kier alpha value is -2.88. The summed E-state index contributed by atoms with van der Waals surface area (Å²) in [6, 6.07) is 8.60. The highest BCUT2D eigenvalue weighted by atomic mass is 15.0. The van der Waals surface area contributed by atoms with Crippen molar-refractivity contribution in [2.24, 2.45) is 0 Å². The van der Waals surface area contributed by atoms with E-state index in [0.717, 1.165) is 22.8 Å². The Morgan fingerprint density at radius 2 is 1.08 bits per heavy atom. The number of dihydropyridines is 2. The lowest BCUT2D eigenvalue weighted by Crippen LogP contribution is -2.39. The van der Waals surface area contributed by atoms with Crippen molar-refractivity contribution in [2.45, 2.75) is 38.8 Å². The molecule has 0 aromatic carbocycles. The quantitative estimate of drug-likeness (QED) is 0.658. The minimum atomic E-state index is -0.205. The molecule has 2 atom stereocenters. The van der Waals surface area contributed by atoms with Crippen LogP contribution in [0.2, 0.25) is 0 Å². The van der Waals surface area contributed by atoms with E-state index in [4.69, 9.17) is 0 Å². The van der Waals surface area contributed by atoms with Crippen molar-refractivity contribution in [3.8, 4) is 11.4 Å². The van der Waals surface area contributed by atoms with E-state index in [0.29, 0.717) is 0 Å². The molecule has 2 aromatic heterocycles. The third kappa shape index (κ3) is 2.45. The van der Waals surface area contributed by atoms with Gasteiger partial charge in [0.15, 0.2) is 0 Å². The molecular weight excluding hydrogens is 320 g/mol. The zero-order valence-corrected chi connectivity index (χ0v) is 15.8. The molecule has 0 aliphatic carbocycles. The Morgan fingerprint density at radius 1 is 0.654 bits per heavy atom. The maximum atomic E-state index is 3.59. The lowest BCUT2D eigenvalue weighted by Gasteiger charge is -2.33. The predicted octanol–water partition coefficient (Wildman–Crippen LogP) is 4.57. The topological polar surface area (TPSA) is 55.6 Å². The van der Waals surface area contributed by atoms with E-state index in [1.54, 1.807) is 0 Å². The van der Waals surface area contributed by atoms with Gasteiger partial charge in [0.2, 0.25) is 0 Å². The van der Waals surface area contributed by atoms with Crippen LogP contribution in [0.25, 0.3) is 11.4 Å². The highest BCUT2D eigenvalue weighted by molar-refractivity contribution is 5.58. The normalized spacial score (nSPS) is 27.5. The minimum absolute atomic E-state index is 0.205. The molecule has 2 unspecified atom stereocenters. The molecule has 4 heterocycles. The summed E-state index contributed by atoms with van der Waals surface area (Å²) in [6.07, 6.45) is 12.4. The third-order valence-electron chi connectivity index (χ3n) is 5.95. The van der Waals surface area contributed by atoms with E-state index in [-0.39, 0.29) is 11.1 Å². The van der Waals surface area contributed by atoms with Crippen molar-refractivity contribution in [2.75, 3.05) is 0 Å². The number of allylic oxidation sites excluding steroid dienone is 4. The van der Waals surface area contributed by atoms with Crippen molar-refractivity contribution < 1.29 is 0 Å². The second-order valence-electron chi connectivity index (χ2n) is 7.53. The summed E-state index contributed by atoms with van der Waals surface area (Å²) in [7, 11) is 0. The summed E-state index contributed by atoms with van der Waals surface area (Å²) < 4.78 is 0. The van der Waals surface area contributed by atoms with Gasteiger partial charge in [-0.1, -0.05) is 12.2 Å². The van der Waals surface area contributed by atoms with Gasteiger partial charge in [-0.2, -0.15) is 0 Å². The fraction of sp³-hybridized carbons (Fsp3) is 0.273. The molecule has 2 aliphatic heterocycles. The van der Waals surface area contributed by atoms with Gasteiger partial charge in [-0.3, -0.25) is 0 Å². The fourth-order valence-corrected chi connectivity index (χ4v) is 3.64. The van der Waals surface area contributed by atoms with E-state index < -0.39 is 0 Å². The maximum absolute atomic E-state index is 3.59. The van der Waals surface area contributed by atoms with Crippen molar-refractivity contribution in [3.05, 3.63) is 83.5 Å². The van der Waals surface area contributed by atoms with Crippen LogP contribution in [0, 0.1) is 0 Å². The molecule has 0 radical (unpaired) electrons. The first-order valence-electron chi connectivity index (χ1n) is 9.06. The van der Waals surface area contributed by atoms with Gasteiger partial charge in [-0.15, -0.1) is 0 Å². The minimum Gasteiger partial charge on any atom is -0.377 e. The highest BCUT2D eigenvalue weighted by Gasteiger charge is 2.32. The van der Waals surface area contributed by atoms with Gasteiger partial charge in [-0.25, -0.2) is 0 Å². The Balaban J connectivity index is 1.65. The van der Waals surface area contributed by atoms with Crippen LogP contribution in [-0.4, -0.2) is 9.97 Å². The summed E-state index contributed by atoms with van der Waals surface area (Å²) in [5, 5.41) is 6.96. The molecular formula is C22H26N4. The number of H-pyrrole nitrogens is 2. The van der Waals surface area contributed by atoms with Crippen molar-refractivity contribution >= 4 is 0 Å². The van der Waals surface area contributed by atoms with Crippen LogP contribution in [0.1, 0.15) is 39.1 Å². The number of aromatic amines is 2. The maximum Gasteiger partial charge on any atom is 0.0956 e. The van der Waals surface area contributed by atoms with Gasteiger partial charge in [-0.05, 0) is 87.7 Å². The molecule has 4 N–H and O–H groups in total. The summed E-state index contributed by atoms with van der Waals surface area (Å²) in [5.74, 6) is 0. The molecule has 2 aromatic rings. The summed E-state index contributed by atoms with van der Waals surface area (Å²) >= 11 is 0. The van der Waals surface area contributed by atoms with E-state index in [1.807, 2.05) is 24.6 Å². The van der Waals surface area contributed by atoms with Gasteiger partial charge in [0.25, 0.3) is 0 Å². The molecule has 0 fully saturated rings. The summed E-state index contributed by atoms with van der Waals surface area (Å²) in [5.41, 5.74) is 6.65. The monoisotopic (exact) mass is 346 g/mol. The zero-order chi connectivity index (χ0) is 18.4. The van der Waals surface area contributed by atoms with E-state index in [9.17, 15) is 0 Å². The molecule has 134 valence electrons. The number of hydrogen-bond acceptors (Lipinski definition) is 2. The largest absolute Gasteiger partial charge is 0.377 e. The lowest BCUT2D eigenvalue weighted by atomic mass is 9.88. The Kier molecular flexibility index (Phi) is 3.72. The van der Waals surface area contributed by atoms with Gasteiger partial charge < -0.3 is 20.6 Å². The average Bonchev–Trinajstić information content (AvgIpc) is 3.29. The van der Waals surface area contributed by atoms with Crippen LogP contribution in [0.3, 0.4) is 0 Å². The van der Waals surface area contributed by atoms with Gasteiger partial charge >= 0.3 is 0 Å². The van der Waals surface area contributed by atoms with Crippen LogP contribution < -0.4 is 10.6 Å². The van der Waals surface area contributed by atoms with Gasteiger partial charge in [0.05, 0.1) is 22.5 Å². The van der Waals surface area contributed by atoms with Crippen LogP contribution in [-0.2, 0) is 11.1 Å². The average molecular weight is 346 g/mol. The number of aromatic nitrogens is 2. The van der Waals surface area contributed by atoms with E-state index in [2.05, 4.69) is 84.7 Å². The van der Waals surface area contributed by atoms with E-state index >= 15 is 0 Å². The standard InChI is InChI=1S/C22H26N4/c1-15-7-5-13-23-21(15,3)19-11-9-17(25-19)18-10-12-20(26-18)22(4)16(2)8-6-14-24-22/h5-14,23-26H,1-4H3. The van der Waals surface area contributed by atoms with Crippen LogP contribution >= 0.6 is 0 Å². The molecule has 0 amide bonds. The molecule has 4 rings (SSSR count). The number of hydrogen-bond donors (Lipinski definition) is 4. The lowest BCUT2D eigenvalue weighted by molar-refractivity contribution is 0.477. The first-order valence-corrected chi connectivity index (χ1v) is 9.06. The second kappa shape index (κ2) is 5.84. The van der Waals surface area contributed by atoms with Gasteiger partial charge in [0.1, 0.15) is 0 Å². The molecule has 0 bridgehead atoms. The fourth-order valence-electron chi connectivity index (χ4n) is 3.64.